The highest BCUT2D eigenvalue weighted by Gasteiger charge is 2.32. The van der Waals surface area contributed by atoms with E-state index in [9.17, 15) is 5.11 Å². The van der Waals surface area contributed by atoms with E-state index in [4.69, 9.17) is 0 Å². The van der Waals surface area contributed by atoms with E-state index in [1.807, 2.05) is 21.1 Å². The number of aryl methyl sites for hydroxylation is 1. The number of hydrogen-bond acceptors (Lipinski definition) is 5. The van der Waals surface area contributed by atoms with E-state index in [0.717, 1.165) is 44.7 Å². The Hall–Kier alpha value is -0.980. The molecule has 0 aromatic carbocycles. The normalized spacial score (nSPS) is 20.5. The average molecular weight is 253 g/mol. The fourth-order valence-corrected chi connectivity index (χ4v) is 2.56. The molecule has 1 aliphatic heterocycles. The van der Waals surface area contributed by atoms with Gasteiger partial charge in [0.15, 0.2) is 0 Å². The third-order valence-electron chi connectivity index (χ3n) is 3.43. The molecule has 0 saturated carbocycles. The number of likely N-dealkylation sites (tertiary alicyclic amines) is 1. The van der Waals surface area contributed by atoms with E-state index in [1.54, 1.807) is 11.0 Å². The van der Waals surface area contributed by atoms with Crippen LogP contribution >= 0.6 is 0 Å². The number of likely N-dealkylation sites (N-methyl/N-ethyl adjacent to an activating group) is 1. The van der Waals surface area contributed by atoms with Gasteiger partial charge in [0, 0.05) is 33.2 Å². The smallest absolute Gasteiger partial charge is 0.0967 e. The van der Waals surface area contributed by atoms with E-state index in [0.29, 0.717) is 0 Å². The summed E-state index contributed by atoms with van der Waals surface area (Å²) in [5, 5.41) is 18.8. The largest absolute Gasteiger partial charge is 0.388 e. The van der Waals surface area contributed by atoms with Gasteiger partial charge in [0.05, 0.1) is 17.5 Å². The summed E-state index contributed by atoms with van der Waals surface area (Å²) in [5.41, 5.74) is 0.470. The lowest BCUT2D eigenvalue weighted by Gasteiger charge is -2.39. The van der Waals surface area contributed by atoms with Crippen LogP contribution in [0.25, 0.3) is 0 Å². The monoisotopic (exact) mass is 253 g/mol. The van der Waals surface area contributed by atoms with Gasteiger partial charge in [-0.25, -0.2) is 0 Å². The first-order chi connectivity index (χ1) is 8.47. The summed E-state index contributed by atoms with van der Waals surface area (Å²) in [4.78, 5) is 5.97. The van der Waals surface area contributed by atoms with E-state index in [1.165, 1.54) is 0 Å². The standard InChI is InChI=1S/C12H23N5O/c1-15(2)10-12(18)4-6-17(7-5-12)9-11-8-13-16(3)14-11/h8,18H,4-7,9-10H2,1-3H3. The highest BCUT2D eigenvalue weighted by molar-refractivity contribution is 4.94. The molecule has 6 nitrogen and oxygen atoms in total. The van der Waals surface area contributed by atoms with Crippen molar-refractivity contribution >= 4 is 0 Å². The van der Waals surface area contributed by atoms with Crippen LogP contribution in [0.15, 0.2) is 6.20 Å². The minimum atomic E-state index is -0.525. The molecule has 0 radical (unpaired) electrons. The predicted octanol–water partition coefficient (Wildman–Crippen LogP) is -0.296. The van der Waals surface area contributed by atoms with Crippen LogP contribution in [0.5, 0.6) is 0 Å². The molecule has 0 spiro atoms. The third kappa shape index (κ3) is 3.51. The van der Waals surface area contributed by atoms with Crippen molar-refractivity contribution in [1.82, 2.24) is 24.8 Å². The van der Waals surface area contributed by atoms with Gasteiger partial charge in [0.25, 0.3) is 0 Å². The highest BCUT2D eigenvalue weighted by atomic mass is 16.3. The molecule has 1 aromatic rings. The number of piperidine rings is 1. The Labute approximate surface area is 108 Å². The minimum Gasteiger partial charge on any atom is -0.388 e. The zero-order chi connectivity index (χ0) is 13.2. The van der Waals surface area contributed by atoms with Crippen molar-refractivity contribution in [3.63, 3.8) is 0 Å². The van der Waals surface area contributed by atoms with Crippen molar-refractivity contribution in [1.29, 1.82) is 0 Å². The Morgan fingerprint density at radius 1 is 1.39 bits per heavy atom. The predicted molar refractivity (Wildman–Crippen MR) is 69.0 cm³/mol. The Kier molecular flexibility index (Phi) is 3.99. The van der Waals surface area contributed by atoms with Gasteiger partial charge in [-0.1, -0.05) is 0 Å². The van der Waals surface area contributed by atoms with Gasteiger partial charge in [0.2, 0.25) is 0 Å². The first kappa shape index (κ1) is 13.5. The van der Waals surface area contributed by atoms with Gasteiger partial charge in [-0.2, -0.15) is 15.0 Å². The van der Waals surface area contributed by atoms with Crippen molar-refractivity contribution in [2.24, 2.45) is 7.05 Å². The van der Waals surface area contributed by atoms with Crippen LogP contribution in [0.2, 0.25) is 0 Å². The fraction of sp³-hybridized carbons (Fsp3) is 0.833. The summed E-state index contributed by atoms with van der Waals surface area (Å²) in [6.07, 6.45) is 3.46. The second-order valence-corrected chi connectivity index (χ2v) is 5.56. The van der Waals surface area contributed by atoms with Crippen LogP contribution in [0.1, 0.15) is 18.5 Å². The fourth-order valence-electron chi connectivity index (χ4n) is 2.56. The van der Waals surface area contributed by atoms with E-state index in [-0.39, 0.29) is 0 Å². The van der Waals surface area contributed by atoms with E-state index in [2.05, 4.69) is 20.0 Å². The molecular formula is C12H23N5O. The van der Waals surface area contributed by atoms with Gasteiger partial charge in [-0.3, -0.25) is 4.90 Å². The molecule has 1 aromatic heterocycles. The van der Waals surface area contributed by atoms with Crippen molar-refractivity contribution in [3.05, 3.63) is 11.9 Å². The zero-order valence-corrected chi connectivity index (χ0v) is 11.5. The van der Waals surface area contributed by atoms with Crippen LogP contribution in [-0.4, -0.2) is 69.2 Å². The molecule has 1 saturated heterocycles. The zero-order valence-electron chi connectivity index (χ0n) is 11.5. The maximum Gasteiger partial charge on any atom is 0.0967 e. The number of aromatic nitrogens is 3. The van der Waals surface area contributed by atoms with Crippen LogP contribution in [0, 0.1) is 0 Å². The Bertz CT molecular complexity index is 382. The number of rotatable bonds is 4. The molecular weight excluding hydrogens is 230 g/mol. The van der Waals surface area contributed by atoms with Crippen LogP contribution in [0.3, 0.4) is 0 Å². The van der Waals surface area contributed by atoms with Gasteiger partial charge < -0.3 is 10.0 Å². The maximum absolute atomic E-state index is 10.4. The molecule has 6 heteroatoms. The van der Waals surface area contributed by atoms with Gasteiger partial charge in [-0.05, 0) is 26.9 Å². The van der Waals surface area contributed by atoms with Crippen LogP contribution in [-0.2, 0) is 13.6 Å². The first-order valence-corrected chi connectivity index (χ1v) is 6.41. The summed E-state index contributed by atoms with van der Waals surface area (Å²) < 4.78 is 0. The number of aliphatic hydroxyl groups is 1. The molecule has 0 amide bonds. The molecule has 0 atom stereocenters. The first-order valence-electron chi connectivity index (χ1n) is 6.41. The van der Waals surface area contributed by atoms with Crippen molar-refractivity contribution in [2.45, 2.75) is 25.0 Å². The van der Waals surface area contributed by atoms with Crippen molar-refractivity contribution in [2.75, 3.05) is 33.7 Å². The second kappa shape index (κ2) is 5.34. The Balaban J connectivity index is 1.83. The summed E-state index contributed by atoms with van der Waals surface area (Å²) in [7, 11) is 5.84. The number of hydrogen-bond donors (Lipinski definition) is 1. The number of nitrogens with zero attached hydrogens (tertiary/aromatic N) is 5. The third-order valence-corrected chi connectivity index (χ3v) is 3.43. The average Bonchev–Trinajstić information content (AvgIpc) is 2.67. The van der Waals surface area contributed by atoms with Crippen LogP contribution in [0.4, 0.5) is 0 Å². The Morgan fingerprint density at radius 3 is 2.56 bits per heavy atom. The maximum atomic E-state index is 10.4. The molecule has 1 aliphatic rings. The van der Waals surface area contributed by atoms with Gasteiger partial charge in [-0.15, -0.1) is 0 Å². The van der Waals surface area contributed by atoms with E-state index >= 15 is 0 Å². The van der Waals surface area contributed by atoms with Gasteiger partial charge >= 0.3 is 0 Å². The molecule has 102 valence electrons. The van der Waals surface area contributed by atoms with Crippen molar-refractivity contribution in [3.8, 4) is 0 Å². The molecule has 0 unspecified atom stereocenters. The molecule has 1 fully saturated rings. The Morgan fingerprint density at radius 2 is 2.06 bits per heavy atom. The summed E-state index contributed by atoms with van der Waals surface area (Å²) in [6, 6.07) is 0. The summed E-state index contributed by atoms with van der Waals surface area (Å²) in [5.74, 6) is 0. The molecule has 18 heavy (non-hydrogen) atoms. The topological polar surface area (TPSA) is 57.4 Å². The molecule has 0 aliphatic carbocycles. The second-order valence-electron chi connectivity index (χ2n) is 5.56. The lowest BCUT2D eigenvalue weighted by atomic mass is 9.91. The lowest BCUT2D eigenvalue weighted by molar-refractivity contribution is -0.0390. The lowest BCUT2D eigenvalue weighted by Crippen LogP contribution is -2.49. The molecule has 1 N–H and O–H groups in total. The van der Waals surface area contributed by atoms with E-state index < -0.39 is 5.60 Å². The van der Waals surface area contributed by atoms with Gasteiger partial charge in [0.1, 0.15) is 0 Å². The quantitative estimate of drug-likeness (QED) is 0.798. The molecule has 0 bridgehead atoms. The van der Waals surface area contributed by atoms with Crippen LogP contribution < -0.4 is 0 Å². The SMILES string of the molecule is CN(C)CC1(O)CCN(Cc2cnn(C)n2)CC1. The highest BCUT2D eigenvalue weighted by Crippen LogP contribution is 2.23. The minimum absolute atomic E-state index is 0.525. The van der Waals surface area contributed by atoms with Crippen molar-refractivity contribution < 1.29 is 5.11 Å². The molecule has 2 rings (SSSR count). The molecule has 2 heterocycles. The summed E-state index contributed by atoms with van der Waals surface area (Å²) in [6.45, 7) is 3.40. The summed E-state index contributed by atoms with van der Waals surface area (Å²) >= 11 is 0.